The molecule has 7 rings (SSSR count). The molecule has 1 aromatic heterocycles. The predicted molar refractivity (Wildman–Crippen MR) is 163 cm³/mol. The topological polar surface area (TPSA) is 71.9 Å². The molecule has 4 atom stereocenters. The summed E-state index contributed by atoms with van der Waals surface area (Å²) in [6.07, 6.45) is 8.37. The van der Waals surface area contributed by atoms with Gasteiger partial charge < -0.3 is 14.6 Å². The summed E-state index contributed by atoms with van der Waals surface area (Å²) in [5.74, 6) is -0.202. The first kappa shape index (κ1) is 28.5. The minimum absolute atomic E-state index is 0.00368. The van der Waals surface area contributed by atoms with Gasteiger partial charge in [0.15, 0.2) is 0 Å². The standard InChI is InChI=1S/C36H41FN2O4/c1-22-16-30(31(37)19-38-22)29-10-8-26(17-28(29)20-39-14-13-36(21-39)12-3-15-42-36)32-11-9-24-4-7-27(18-33(24)43-32)34(25-5-6-25)23(2)35(40)41/h4,7-8,10,16-19,23,25,32,34H,3,5-6,9,11-15,20-21H2,1-2H3,(H,40,41)/t23-,32?,34-,36?/m0/s1. The van der Waals surface area contributed by atoms with E-state index in [1.165, 1.54) is 11.8 Å². The first-order valence-electron chi connectivity index (χ1n) is 15.9. The highest BCUT2D eigenvalue weighted by atomic mass is 19.1. The molecule has 0 radical (unpaired) electrons. The second kappa shape index (κ2) is 11.3. The molecule has 7 heteroatoms. The third kappa shape index (κ3) is 5.69. The lowest BCUT2D eigenvalue weighted by molar-refractivity contribution is -0.142. The molecule has 2 saturated heterocycles. The molecule has 3 aromatic rings. The number of likely N-dealkylation sites (tertiary alicyclic amines) is 1. The van der Waals surface area contributed by atoms with Crippen molar-refractivity contribution in [1.82, 2.24) is 9.88 Å². The van der Waals surface area contributed by atoms with Crippen molar-refractivity contribution in [2.45, 2.75) is 83.0 Å². The molecule has 1 spiro atoms. The van der Waals surface area contributed by atoms with Gasteiger partial charge in [-0.25, -0.2) is 4.39 Å². The van der Waals surface area contributed by atoms with Crippen LogP contribution in [0.3, 0.4) is 0 Å². The average molecular weight is 585 g/mol. The predicted octanol–water partition coefficient (Wildman–Crippen LogP) is 7.23. The number of carboxylic acids is 1. The van der Waals surface area contributed by atoms with Crippen LogP contribution in [-0.4, -0.2) is 46.3 Å². The van der Waals surface area contributed by atoms with E-state index < -0.39 is 11.9 Å². The van der Waals surface area contributed by atoms with Crippen molar-refractivity contribution in [1.29, 1.82) is 0 Å². The van der Waals surface area contributed by atoms with Gasteiger partial charge in [-0.2, -0.15) is 0 Å². The molecule has 6 nitrogen and oxygen atoms in total. The second-order valence-electron chi connectivity index (χ2n) is 13.3. The van der Waals surface area contributed by atoms with Crippen LogP contribution < -0.4 is 4.74 Å². The lowest BCUT2D eigenvalue weighted by Crippen LogP contribution is -2.32. The number of pyridine rings is 1. The van der Waals surface area contributed by atoms with Crippen LogP contribution in [-0.2, 0) is 22.5 Å². The van der Waals surface area contributed by atoms with E-state index in [1.807, 2.05) is 26.0 Å². The number of aryl methyl sites for hydroxylation is 2. The van der Waals surface area contributed by atoms with Gasteiger partial charge in [-0.1, -0.05) is 37.3 Å². The quantitative estimate of drug-likeness (QED) is 0.301. The number of rotatable bonds is 8. The Hall–Kier alpha value is -3.29. The van der Waals surface area contributed by atoms with Gasteiger partial charge in [0.1, 0.15) is 17.7 Å². The number of fused-ring (bicyclic) bond motifs is 1. The van der Waals surface area contributed by atoms with Gasteiger partial charge in [0.05, 0.1) is 17.7 Å². The average Bonchev–Trinajstić information content (AvgIpc) is 3.60. The highest BCUT2D eigenvalue weighted by Gasteiger charge is 2.42. The van der Waals surface area contributed by atoms with Gasteiger partial charge in [-0.05, 0) is 104 Å². The largest absolute Gasteiger partial charge is 0.485 e. The van der Waals surface area contributed by atoms with Crippen molar-refractivity contribution < 1.29 is 23.8 Å². The Morgan fingerprint density at radius 2 is 2.00 bits per heavy atom. The van der Waals surface area contributed by atoms with Crippen LogP contribution in [0.1, 0.15) is 85.4 Å². The summed E-state index contributed by atoms with van der Waals surface area (Å²) in [7, 11) is 0. The van der Waals surface area contributed by atoms with E-state index >= 15 is 4.39 Å². The van der Waals surface area contributed by atoms with E-state index in [9.17, 15) is 9.90 Å². The van der Waals surface area contributed by atoms with Crippen LogP contribution >= 0.6 is 0 Å². The Kier molecular flexibility index (Phi) is 7.50. The maximum Gasteiger partial charge on any atom is 0.306 e. The lowest BCUT2D eigenvalue weighted by Gasteiger charge is -2.29. The molecule has 1 aliphatic carbocycles. The minimum Gasteiger partial charge on any atom is -0.485 e. The highest BCUT2D eigenvalue weighted by Crippen LogP contribution is 2.48. The molecular weight excluding hydrogens is 543 g/mol. The lowest BCUT2D eigenvalue weighted by atomic mass is 9.82. The van der Waals surface area contributed by atoms with Crippen LogP contribution in [0.4, 0.5) is 4.39 Å². The highest BCUT2D eigenvalue weighted by molar-refractivity contribution is 5.71. The van der Waals surface area contributed by atoms with Crippen molar-refractivity contribution in [2.75, 3.05) is 19.7 Å². The van der Waals surface area contributed by atoms with Gasteiger partial charge in [-0.3, -0.25) is 14.7 Å². The zero-order chi connectivity index (χ0) is 29.7. The molecule has 0 amide bonds. The summed E-state index contributed by atoms with van der Waals surface area (Å²) in [6, 6.07) is 14.5. The van der Waals surface area contributed by atoms with Crippen molar-refractivity contribution in [3.63, 3.8) is 0 Å². The van der Waals surface area contributed by atoms with Crippen LogP contribution in [0.2, 0.25) is 0 Å². The van der Waals surface area contributed by atoms with Crippen molar-refractivity contribution in [2.24, 2.45) is 11.8 Å². The van der Waals surface area contributed by atoms with E-state index in [-0.39, 0.29) is 23.4 Å². The Balaban J connectivity index is 1.19. The molecule has 2 aromatic carbocycles. The maximum atomic E-state index is 15.1. The fraction of sp³-hybridized carbons (Fsp3) is 0.500. The Labute approximate surface area is 253 Å². The third-order valence-corrected chi connectivity index (χ3v) is 10.2. The number of nitrogens with zero attached hydrogens (tertiary/aromatic N) is 2. The molecule has 3 aliphatic heterocycles. The van der Waals surface area contributed by atoms with Gasteiger partial charge >= 0.3 is 5.97 Å². The van der Waals surface area contributed by atoms with E-state index in [2.05, 4.69) is 40.2 Å². The summed E-state index contributed by atoms with van der Waals surface area (Å²) in [6.45, 7) is 7.15. The number of ether oxygens (including phenoxy) is 2. The van der Waals surface area contributed by atoms with Crippen LogP contribution in [0.25, 0.3) is 11.1 Å². The van der Waals surface area contributed by atoms with E-state index in [0.717, 1.165) is 105 Å². The van der Waals surface area contributed by atoms with Gasteiger partial charge in [-0.15, -0.1) is 0 Å². The molecule has 1 saturated carbocycles. The van der Waals surface area contributed by atoms with Crippen LogP contribution in [0.5, 0.6) is 5.75 Å². The minimum atomic E-state index is -0.745. The van der Waals surface area contributed by atoms with E-state index in [0.29, 0.717) is 11.5 Å². The number of halogens is 1. The zero-order valence-electron chi connectivity index (χ0n) is 25.2. The zero-order valence-corrected chi connectivity index (χ0v) is 25.2. The smallest absolute Gasteiger partial charge is 0.306 e. The number of carbonyl (C=O) groups is 1. The number of benzene rings is 2. The first-order valence-corrected chi connectivity index (χ1v) is 15.9. The van der Waals surface area contributed by atoms with Crippen LogP contribution in [0.15, 0.2) is 48.7 Å². The molecule has 1 N–H and O–H groups in total. The van der Waals surface area contributed by atoms with Gasteiger partial charge in [0.25, 0.3) is 0 Å². The normalized spacial score (nSPS) is 25.0. The number of aromatic nitrogens is 1. The molecule has 4 aliphatic rings. The Morgan fingerprint density at radius 3 is 2.77 bits per heavy atom. The van der Waals surface area contributed by atoms with Crippen molar-refractivity contribution in [3.05, 3.63) is 82.4 Å². The fourth-order valence-corrected chi connectivity index (χ4v) is 7.74. The van der Waals surface area contributed by atoms with Gasteiger partial charge in [0.2, 0.25) is 0 Å². The second-order valence-corrected chi connectivity index (χ2v) is 13.3. The molecule has 43 heavy (non-hydrogen) atoms. The summed E-state index contributed by atoms with van der Waals surface area (Å²) in [4.78, 5) is 18.5. The molecule has 2 unspecified atom stereocenters. The van der Waals surface area contributed by atoms with Crippen molar-refractivity contribution >= 4 is 5.97 Å². The molecule has 4 heterocycles. The van der Waals surface area contributed by atoms with Crippen LogP contribution in [0, 0.1) is 24.6 Å². The molecule has 0 bridgehead atoms. The van der Waals surface area contributed by atoms with E-state index in [1.54, 1.807) is 0 Å². The van der Waals surface area contributed by atoms with Gasteiger partial charge in [0, 0.05) is 37.5 Å². The third-order valence-electron chi connectivity index (χ3n) is 10.2. The van der Waals surface area contributed by atoms with Crippen molar-refractivity contribution in [3.8, 4) is 16.9 Å². The summed E-state index contributed by atoms with van der Waals surface area (Å²) < 4.78 is 28.0. The fourth-order valence-electron chi connectivity index (χ4n) is 7.74. The number of carboxylic acid groups (broad SMARTS) is 1. The number of aliphatic carboxylic acids is 1. The number of hydrogen-bond acceptors (Lipinski definition) is 5. The number of hydrogen-bond donors (Lipinski definition) is 1. The van der Waals surface area contributed by atoms with E-state index in [4.69, 9.17) is 9.47 Å². The molecule has 3 fully saturated rings. The summed E-state index contributed by atoms with van der Waals surface area (Å²) in [5, 5.41) is 9.78. The molecular formula is C36H41FN2O4. The Bertz CT molecular complexity index is 1530. The Morgan fingerprint density at radius 1 is 1.14 bits per heavy atom. The first-order chi connectivity index (χ1) is 20.8. The summed E-state index contributed by atoms with van der Waals surface area (Å²) in [5.41, 5.74) is 6.65. The monoisotopic (exact) mass is 584 g/mol. The maximum absolute atomic E-state index is 15.1. The SMILES string of the molecule is Cc1cc(-c2ccc(C3CCc4ccc([C@H](C5CC5)[C@H](C)C(=O)O)cc4O3)cc2CN2CCC3(CCCO3)C2)c(F)cn1. The molecule has 226 valence electrons. The summed E-state index contributed by atoms with van der Waals surface area (Å²) >= 11 is 0.